The van der Waals surface area contributed by atoms with E-state index >= 15 is 0 Å². The van der Waals surface area contributed by atoms with E-state index in [0.717, 1.165) is 0 Å². The van der Waals surface area contributed by atoms with Crippen LogP contribution in [0.5, 0.6) is 0 Å². The predicted octanol–water partition coefficient (Wildman–Crippen LogP) is 2.23. The fraction of sp³-hybridized carbons (Fsp3) is 0.357. The number of amides is 2. The molecule has 0 radical (unpaired) electrons. The van der Waals surface area contributed by atoms with Gasteiger partial charge in [-0.3, -0.25) is 14.4 Å². The van der Waals surface area contributed by atoms with Gasteiger partial charge in [0.1, 0.15) is 0 Å². The van der Waals surface area contributed by atoms with E-state index in [1.807, 2.05) is 0 Å². The fourth-order valence-corrected chi connectivity index (χ4v) is 1.55. The number of hydrogen-bond acceptors (Lipinski definition) is 3. The second kappa shape index (κ2) is 7.93. The van der Waals surface area contributed by atoms with Crippen LogP contribution in [0.15, 0.2) is 24.3 Å². The van der Waals surface area contributed by atoms with Gasteiger partial charge in [0, 0.05) is 30.6 Å². The van der Waals surface area contributed by atoms with Crippen LogP contribution < -0.4 is 10.6 Å². The largest absolute Gasteiger partial charge is 0.481 e. The fourth-order valence-electron chi connectivity index (χ4n) is 1.55. The molecule has 0 unspecified atom stereocenters. The van der Waals surface area contributed by atoms with Crippen LogP contribution in [-0.4, -0.2) is 22.9 Å². The van der Waals surface area contributed by atoms with Crippen LogP contribution in [0.3, 0.4) is 0 Å². The van der Waals surface area contributed by atoms with Crippen molar-refractivity contribution in [1.29, 1.82) is 0 Å². The molecule has 1 rings (SSSR count). The second-order valence-electron chi connectivity index (χ2n) is 4.28. The summed E-state index contributed by atoms with van der Waals surface area (Å²) >= 11 is 0. The Morgan fingerprint density at radius 1 is 1.05 bits per heavy atom. The first kappa shape index (κ1) is 15.7. The molecule has 0 aromatic heterocycles. The van der Waals surface area contributed by atoms with Gasteiger partial charge in [-0.1, -0.05) is 13.0 Å². The van der Waals surface area contributed by atoms with Crippen LogP contribution in [-0.2, 0) is 14.4 Å². The van der Waals surface area contributed by atoms with E-state index in [4.69, 9.17) is 5.11 Å². The Hall–Kier alpha value is -2.37. The third-order valence-electron chi connectivity index (χ3n) is 2.55. The Balaban J connectivity index is 2.50. The summed E-state index contributed by atoms with van der Waals surface area (Å²) in [6.07, 6.45) is 0.803. The number of carbonyl (C=O) groups is 3. The van der Waals surface area contributed by atoms with Gasteiger partial charge >= 0.3 is 5.97 Å². The molecule has 0 saturated carbocycles. The van der Waals surface area contributed by atoms with Crippen molar-refractivity contribution in [2.75, 3.05) is 10.6 Å². The molecule has 0 aliphatic heterocycles. The van der Waals surface area contributed by atoms with E-state index in [1.54, 1.807) is 31.2 Å². The predicted molar refractivity (Wildman–Crippen MR) is 75.5 cm³/mol. The van der Waals surface area contributed by atoms with Gasteiger partial charge in [0.05, 0.1) is 0 Å². The summed E-state index contributed by atoms with van der Waals surface area (Å²) in [5.74, 6) is -1.26. The summed E-state index contributed by atoms with van der Waals surface area (Å²) in [7, 11) is 0. The highest BCUT2D eigenvalue weighted by atomic mass is 16.4. The van der Waals surface area contributed by atoms with Crippen molar-refractivity contribution in [1.82, 2.24) is 0 Å². The molecule has 20 heavy (non-hydrogen) atoms. The summed E-state index contributed by atoms with van der Waals surface area (Å²) < 4.78 is 0. The normalized spacial score (nSPS) is 9.85. The monoisotopic (exact) mass is 278 g/mol. The SMILES string of the molecule is CCC(=O)Nc1cccc(NC(=O)CCCC(=O)O)c1. The molecule has 0 saturated heterocycles. The Morgan fingerprint density at radius 2 is 1.65 bits per heavy atom. The number of carboxylic acid groups (broad SMARTS) is 1. The summed E-state index contributed by atoms with van der Waals surface area (Å²) in [5.41, 5.74) is 1.18. The maximum atomic E-state index is 11.6. The van der Waals surface area contributed by atoms with E-state index < -0.39 is 5.97 Å². The lowest BCUT2D eigenvalue weighted by Crippen LogP contribution is -2.13. The lowest BCUT2D eigenvalue weighted by atomic mass is 10.2. The summed E-state index contributed by atoms with van der Waals surface area (Å²) in [6, 6.07) is 6.81. The third-order valence-corrected chi connectivity index (χ3v) is 2.55. The number of carbonyl (C=O) groups excluding carboxylic acids is 2. The maximum absolute atomic E-state index is 11.6. The third kappa shape index (κ3) is 5.99. The number of benzene rings is 1. The van der Waals surface area contributed by atoms with Crippen molar-refractivity contribution in [3.63, 3.8) is 0 Å². The molecule has 6 nitrogen and oxygen atoms in total. The second-order valence-corrected chi connectivity index (χ2v) is 4.28. The van der Waals surface area contributed by atoms with Crippen LogP contribution in [0.4, 0.5) is 11.4 Å². The molecule has 6 heteroatoms. The highest BCUT2D eigenvalue weighted by molar-refractivity contribution is 5.94. The molecule has 0 fully saturated rings. The van der Waals surface area contributed by atoms with Gasteiger partial charge in [-0.15, -0.1) is 0 Å². The minimum Gasteiger partial charge on any atom is -0.481 e. The Labute approximate surface area is 117 Å². The number of anilines is 2. The van der Waals surface area contributed by atoms with Crippen LogP contribution in [0, 0.1) is 0 Å². The smallest absolute Gasteiger partial charge is 0.303 e. The molecule has 0 bridgehead atoms. The standard InChI is InChI=1S/C14H18N2O4/c1-2-12(17)15-10-5-3-6-11(9-10)16-13(18)7-4-8-14(19)20/h3,5-6,9H,2,4,7-8H2,1H3,(H,15,17)(H,16,18)(H,19,20). The Morgan fingerprint density at radius 3 is 2.20 bits per heavy atom. The van der Waals surface area contributed by atoms with E-state index in [2.05, 4.69) is 10.6 Å². The number of rotatable bonds is 7. The van der Waals surface area contributed by atoms with E-state index in [0.29, 0.717) is 24.2 Å². The van der Waals surface area contributed by atoms with Gasteiger partial charge in [-0.25, -0.2) is 0 Å². The quantitative estimate of drug-likeness (QED) is 0.712. The lowest BCUT2D eigenvalue weighted by molar-refractivity contribution is -0.137. The van der Waals surface area contributed by atoms with E-state index in [1.165, 1.54) is 0 Å². The van der Waals surface area contributed by atoms with Crippen LogP contribution >= 0.6 is 0 Å². The number of carboxylic acids is 1. The van der Waals surface area contributed by atoms with Crippen LogP contribution in [0.25, 0.3) is 0 Å². The van der Waals surface area contributed by atoms with Gasteiger partial charge in [0.25, 0.3) is 0 Å². The van der Waals surface area contributed by atoms with Gasteiger partial charge in [-0.05, 0) is 24.6 Å². The molecule has 0 aliphatic rings. The Bertz CT molecular complexity index is 500. The van der Waals surface area contributed by atoms with Crippen LogP contribution in [0.1, 0.15) is 32.6 Å². The molecule has 3 N–H and O–H groups in total. The molecule has 1 aromatic rings. The molecule has 1 aromatic carbocycles. The van der Waals surface area contributed by atoms with Gasteiger partial charge in [0.2, 0.25) is 11.8 Å². The summed E-state index contributed by atoms with van der Waals surface area (Å²) in [6.45, 7) is 1.75. The van der Waals surface area contributed by atoms with E-state index in [-0.39, 0.29) is 24.7 Å². The van der Waals surface area contributed by atoms with Crippen LogP contribution in [0.2, 0.25) is 0 Å². The van der Waals surface area contributed by atoms with Crippen molar-refractivity contribution in [3.05, 3.63) is 24.3 Å². The molecule has 2 amide bonds. The first-order chi connectivity index (χ1) is 9.51. The molecular formula is C14H18N2O4. The van der Waals surface area contributed by atoms with Crippen molar-refractivity contribution < 1.29 is 19.5 Å². The molecule has 0 spiro atoms. The first-order valence-corrected chi connectivity index (χ1v) is 6.43. The minimum atomic E-state index is -0.915. The zero-order chi connectivity index (χ0) is 15.0. The maximum Gasteiger partial charge on any atom is 0.303 e. The molecule has 0 aliphatic carbocycles. The zero-order valence-corrected chi connectivity index (χ0v) is 11.3. The van der Waals surface area contributed by atoms with Crippen molar-refractivity contribution in [2.24, 2.45) is 0 Å². The lowest BCUT2D eigenvalue weighted by Gasteiger charge is -2.08. The first-order valence-electron chi connectivity index (χ1n) is 6.43. The van der Waals surface area contributed by atoms with Gasteiger partial charge in [-0.2, -0.15) is 0 Å². The molecule has 108 valence electrons. The average Bonchev–Trinajstić information content (AvgIpc) is 2.38. The topological polar surface area (TPSA) is 95.5 Å². The number of hydrogen-bond donors (Lipinski definition) is 3. The van der Waals surface area contributed by atoms with E-state index in [9.17, 15) is 14.4 Å². The highest BCUT2D eigenvalue weighted by Gasteiger charge is 2.05. The summed E-state index contributed by atoms with van der Waals surface area (Å²) in [5, 5.41) is 13.8. The van der Waals surface area contributed by atoms with Crippen molar-refractivity contribution in [2.45, 2.75) is 32.6 Å². The van der Waals surface area contributed by atoms with Gasteiger partial charge in [0.15, 0.2) is 0 Å². The minimum absolute atomic E-state index is 0.0278. The molecule has 0 atom stereocenters. The van der Waals surface area contributed by atoms with Gasteiger partial charge < -0.3 is 15.7 Å². The average molecular weight is 278 g/mol. The zero-order valence-electron chi connectivity index (χ0n) is 11.3. The molecular weight excluding hydrogens is 260 g/mol. The number of nitrogens with one attached hydrogen (secondary N) is 2. The number of aliphatic carboxylic acids is 1. The highest BCUT2D eigenvalue weighted by Crippen LogP contribution is 2.15. The van der Waals surface area contributed by atoms with Crippen molar-refractivity contribution in [3.8, 4) is 0 Å². The summed E-state index contributed by atoms with van der Waals surface area (Å²) in [4.78, 5) is 33.2. The molecule has 0 heterocycles. The van der Waals surface area contributed by atoms with Crippen molar-refractivity contribution >= 4 is 29.2 Å². The Kier molecular flexibility index (Phi) is 6.22.